The lowest BCUT2D eigenvalue weighted by Crippen LogP contribution is -2.31. The number of nitrogens with zero attached hydrogens (tertiary/aromatic N) is 1. The Kier molecular flexibility index (Phi) is 6.79. The molecule has 3 N–H and O–H groups in total. The Balaban J connectivity index is 0.00000225. The monoisotopic (exact) mass is 363 g/mol. The smallest absolute Gasteiger partial charge is 0.251 e. The predicted octanol–water partition coefficient (Wildman–Crippen LogP) is 2.96. The molecule has 3 rings (SSSR count). The molecule has 25 heavy (non-hydrogen) atoms. The van der Waals surface area contributed by atoms with Crippen LogP contribution in [0.2, 0.25) is 0 Å². The standard InChI is InChI=1S/C19H22FN3O.ClH/c20-17-5-7-18(8-6-17)23-10-9-15(13-23)12-22-19(24)16-3-1-14(11-21)2-4-16;/h1-8,15H,9-13,21H2,(H,22,24);1H. The number of benzene rings is 2. The van der Waals surface area contributed by atoms with Crippen molar-refractivity contribution in [3.63, 3.8) is 0 Å². The lowest BCUT2D eigenvalue weighted by atomic mass is 10.1. The third-order valence-corrected chi connectivity index (χ3v) is 4.48. The van der Waals surface area contributed by atoms with Crippen molar-refractivity contribution in [2.24, 2.45) is 11.7 Å². The molecule has 0 radical (unpaired) electrons. The van der Waals surface area contributed by atoms with Crippen LogP contribution in [0, 0.1) is 11.7 Å². The molecule has 6 heteroatoms. The summed E-state index contributed by atoms with van der Waals surface area (Å²) in [6, 6.07) is 13.9. The largest absolute Gasteiger partial charge is 0.371 e. The summed E-state index contributed by atoms with van der Waals surface area (Å²) < 4.78 is 13.0. The van der Waals surface area contributed by atoms with E-state index < -0.39 is 0 Å². The zero-order chi connectivity index (χ0) is 16.9. The SMILES string of the molecule is Cl.NCc1ccc(C(=O)NCC2CCN(c3ccc(F)cc3)C2)cc1. The van der Waals surface area contributed by atoms with Gasteiger partial charge in [0.1, 0.15) is 5.82 Å². The maximum Gasteiger partial charge on any atom is 0.251 e. The highest BCUT2D eigenvalue weighted by Crippen LogP contribution is 2.23. The first-order valence-corrected chi connectivity index (χ1v) is 8.23. The molecule has 0 bridgehead atoms. The molecule has 0 aromatic heterocycles. The molecule has 1 heterocycles. The molecule has 0 spiro atoms. The van der Waals surface area contributed by atoms with E-state index in [4.69, 9.17) is 5.73 Å². The van der Waals surface area contributed by atoms with E-state index in [0.717, 1.165) is 30.8 Å². The second kappa shape index (κ2) is 8.83. The van der Waals surface area contributed by atoms with Crippen LogP contribution in [0.1, 0.15) is 22.3 Å². The van der Waals surface area contributed by atoms with E-state index in [0.29, 0.717) is 24.6 Å². The summed E-state index contributed by atoms with van der Waals surface area (Å²) in [5.74, 6) is 0.128. The average molecular weight is 364 g/mol. The van der Waals surface area contributed by atoms with Gasteiger partial charge in [-0.15, -0.1) is 12.4 Å². The minimum Gasteiger partial charge on any atom is -0.371 e. The first-order valence-electron chi connectivity index (χ1n) is 8.23. The van der Waals surface area contributed by atoms with E-state index >= 15 is 0 Å². The first kappa shape index (κ1) is 19.2. The fraction of sp³-hybridized carbons (Fsp3) is 0.316. The Morgan fingerprint density at radius 3 is 2.48 bits per heavy atom. The molecular formula is C19H23ClFN3O. The van der Waals surface area contributed by atoms with Crippen molar-refractivity contribution in [3.8, 4) is 0 Å². The van der Waals surface area contributed by atoms with Gasteiger partial charge in [0.05, 0.1) is 0 Å². The molecule has 1 aliphatic rings. The second-order valence-electron chi connectivity index (χ2n) is 6.19. The van der Waals surface area contributed by atoms with Crippen LogP contribution in [0.5, 0.6) is 0 Å². The highest BCUT2D eigenvalue weighted by atomic mass is 35.5. The van der Waals surface area contributed by atoms with Gasteiger partial charge in [-0.05, 0) is 54.3 Å². The van der Waals surface area contributed by atoms with E-state index in [9.17, 15) is 9.18 Å². The van der Waals surface area contributed by atoms with Gasteiger partial charge < -0.3 is 16.0 Å². The Morgan fingerprint density at radius 2 is 1.84 bits per heavy atom. The Bertz CT molecular complexity index is 691. The van der Waals surface area contributed by atoms with Gasteiger partial charge in [-0.1, -0.05) is 12.1 Å². The van der Waals surface area contributed by atoms with E-state index in [1.807, 2.05) is 12.1 Å². The lowest BCUT2D eigenvalue weighted by Gasteiger charge is -2.18. The Morgan fingerprint density at radius 1 is 1.16 bits per heavy atom. The summed E-state index contributed by atoms with van der Waals surface area (Å²) in [5, 5.41) is 3.00. The van der Waals surface area contributed by atoms with Crippen LogP contribution in [-0.4, -0.2) is 25.5 Å². The number of halogens is 2. The highest BCUT2D eigenvalue weighted by Gasteiger charge is 2.23. The van der Waals surface area contributed by atoms with Gasteiger partial charge in [0.15, 0.2) is 0 Å². The van der Waals surface area contributed by atoms with Gasteiger partial charge in [-0.3, -0.25) is 4.79 Å². The fourth-order valence-electron chi connectivity index (χ4n) is 3.02. The van der Waals surface area contributed by atoms with Gasteiger partial charge in [0.2, 0.25) is 0 Å². The normalized spacial score (nSPS) is 16.4. The van der Waals surface area contributed by atoms with Crippen molar-refractivity contribution >= 4 is 24.0 Å². The number of nitrogens with one attached hydrogen (secondary N) is 1. The zero-order valence-corrected chi connectivity index (χ0v) is 14.8. The van der Waals surface area contributed by atoms with Crippen molar-refractivity contribution in [1.82, 2.24) is 5.32 Å². The number of hydrogen-bond acceptors (Lipinski definition) is 3. The predicted molar refractivity (Wildman–Crippen MR) is 101 cm³/mol. The zero-order valence-electron chi connectivity index (χ0n) is 14.0. The summed E-state index contributed by atoms with van der Waals surface area (Å²) in [6.45, 7) is 2.92. The number of rotatable bonds is 5. The number of hydrogen-bond donors (Lipinski definition) is 2. The molecule has 1 unspecified atom stereocenters. The molecule has 1 saturated heterocycles. The van der Waals surface area contributed by atoms with Gasteiger partial charge in [0.25, 0.3) is 5.91 Å². The maximum absolute atomic E-state index is 13.0. The summed E-state index contributed by atoms with van der Waals surface area (Å²) in [5.41, 5.74) is 8.26. The molecule has 1 amide bonds. The van der Waals surface area contributed by atoms with Gasteiger partial charge in [-0.25, -0.2) is 4.39 Å². The van der Waals surface area contributed by atoms with Gasteiger partial charge >= 0.3 is 0 Å². The van der Waals surface area contributed by atoms with Crippen LogP contribution in [0.25, 0.3) is 0 Å². The fourth-order valence-corrected chi connectivity index (χ4v) is 3.02. The molecular weight excluding hydrogens is 341 g/mol. The minimum atomic E-state index is -0.220. The summed E-state index contributed by atoms with van der Waals surface area (Å²) in [7, 11) is 0. The number of carbonyl (C=O) groups excluding carboxylic acids is 1. The van der Waals surface area contributed by atoms with Crippen molar-refractivity contribution in [2.75, 3.05) is 24.5 Å². The van der Waals surface area contributed by atoms with Crippen LogP contribution in [0.4, 0.5) is 10.1 Å². The molecule has 2 aromatic rings. The van der Waals surface area contributed by atoms with E-state index in [1.54, 1.807) is 24.3 Å². The van der Waals surface area contributed by atoms with Crippen molar-refractivity contribution in [2.45, 2.75) is 13.0 Å². The van der Waals surface area contributed by atoms with Crippen LogP contribution in [0.15, 0.2) is 48.5 Å². The van der Waals surface area contributed by atoms with Crippen LogP contribution in [0.3, 0.4) is 0 Å². The third kappa shape index (κ3) is 4.94. The highest BCUT2D eigenvalue weighted by molar-refractivity contribution is 5.94. The van der Waals surface area contributed by atoms with Crippen molar-refractivity contribution < 1.29 is 9.18 Å². The van der Waals surface area contributed by atoms with Gasteiger partial charge in [-0.2, -0.15) is 0 Å². The molecule has 1 atom stereocenters. The first-order chi connectivity index (χ1) is 11.7. The molecule has 0 aliphatic carbocycles. The summed E-state index contributed by atoms with van der Waals surface area (Å²) >= 11 is 0. The quantitative estimate of drug-likeness (QED) is 0.858. The number of anilines is 1. The van der Waals surface area contributed by atoms with Crippen molar-refractivity contribution in [1.29, 1.82) is 0 Å². The Hall–Kier alpha value is -2.11. The Labute approximate surface area is 153 Å². The maximum atomic E-state index is 13.0. The van der Waals surface area contributed by atoms with Crippen LogP contribution >= 0.6 is 12.4 Å². The van der Waals surface area contributed by atoms with E-state index in [2.05, 4.69) is 10.2 Å². The molecule has 1 aliphatic heterocycles. The molecule has 1 fully saturated rings. The third-order valence-electron chi connectivity index (χ3n) is 4.48. The molecule has 4 nitrogen and oxygen atoms in total. The summed E-state index contributed by atoms with van der Waals surface area (Å²) in [6.07, 6.45) is 1.02. The average Bonchev–Trinajstić information content (AvgIpc) is 3.09. The van der Waals surface area contributed by atoms with Gasteiger partial charge in [0, 0.05) is 37.4 Å². The van der Waals surface area contributed by atoms with Crippen LogP contribution in [-0.2, 0) is 6.54 Å². The minimum absolute atomic E-state index is 0. The molecule has 134 valence electrons. The van der Waals surface area contributed by atoms with Crippen molar-refractivity contribution in [3.05, 3.63) is 65.5 Å². The number of amides is 1. The lowest BCUT2D eigenvalue weighted by molar-refractivity contribution is 0.0948. The van der Waals surface area contributed by atoms with E-state index in [-0.39, 0.29) is 24.1 Å². The topological polar surface area (TPSA) is 58.4 Å². The summed E-state index contributed by atoms with van der Waals surface area (Å²) in [4.78, 5) is 14.4. The van der Waals surface area contributed by atoms with Crippen LogP contribution < -0.4 is 16.0 Å². The number of carbonyl (C=O) groups is 1. The molecule has 2 aromatic carbocycles. The molecule has 0 saturated carbocycles. The number of nitrogens with two attached hydrogens (primary N) is 1. The second-order valence-corrected chi connectivity index (χ2v) is 6.19. The van der Waals surface area contributed by atoms with E-state index in [1.165, 1.54) is 12.1 Å².